The van der Waals surface area contributed by atoms with Crippen LogP contribution in [0.4, 0.5) is 0 Å². The van der Waals surface area contributed by atoms with Gasteiger partial charge in [0.1, 0.15) is 0 Å². The lowest BCUT2D eigenvalue weighted by Crippen LogP contribution is -2.49. The molecule has 0 unspecified atom stereocenters. The molecule has 0 fully saturated rings. The average Bonchev–Trinajstić information content (AvgIpc) is 3.01. The molecular weight excluding hydrogens is 518 g/mol. The summed E-state index contributed by atoms with van der Waals surface area (Å²) in [4.78, 5) is 0. The summed E-state index contributed by atoms with van der Waals surface area (Å²) in [5, 5.41) is 0. The summed E-state index contributed by atoms with van der Waals surface area (Å²) < 4.78 is 1.18. The fourth-order valence-corrected chi connectivity index (χ4v) is 6.49. The molecule has 0 saturated carbocycles. The maximum absolute atomic E-state index is 4.12. The van der Waals surface area contributed by atoms with E-state index in [0.29, 0.717) is 0 Å². The SMILES string of the molecule is C=CC[N+](CC=C)(CCCCCCCCC=CCCCCCCCC)CCCCCCCCC=CCCCCCCCC. The van der Waals surface area contributed by atoms with Gasteiger partial charge in [-0.2, -0.15) is 0 Å². The zero-order valence-corrected chi connectivity index (χ0v) is 30.0. The maximum atomic E-state index is 4.12. The van der Waals surface area contributed by atoms with E-state index in [1.807, 2.05) is 0 Å². The normalized spacial score (nSPS) is 12.1. The average molecular weight is 599 g/mol. The van der Waals surface area contributed by atoms with Gasteiger partial charge < -0.3 is 4.48 Å². The summed E-state index contributed by atoms with van der Waals surface area (Å²) in [5.41, 5.74) is 0. The molecule has 0 saturated heterocycles. The number of nitrogens with zero attached hydrogens (tertiary/aromatic N) is 1. The van der Waals surface area contributed by atoms with Gasteiger partial charge in [-0.05, 0) is 89.2 Å². The van der Waals surface area contributed by atoms with Crippen LogP contribution in [-0.2, 0) is 0 Å². The third-order valence-corrected chi connectivity index (χ3v) is 9.32. The van der Waals surface area contributed by atoms with Gasteiger partial charge in [0.25, 0.3) is 0 Å². The van der Waals surface area contributed by atoms with Crippen LogP contribution in [0.3, 0.4) is 0 Å². The van der Waals surface area contributed by atoms with Gasteiger partial charge in [-0.3, -0.25) is 0 Å². The minimum Gasteiger partial charge on any atom is -0.317 e. The minimum atomic E-state index is 1.10. The van der Waals surface area contributed by atoms with Crippen molar-refractivity contribution in [3.63, 3.8) is 0 Å². The van der Waals surface area contributed by atoms with E-state index in [2.05, 4.69) is 63.5 Å². The van der Waals surface area contributed by atoms with Crippen molar-refractivity contribution in [3.8, 4) is 0 Å². The van der Waals surface area contributed by atoms with Crippen LogP contribution in [-0.4, -0.2) is 30.7 Å². The number of allylic oxidation sites excluding steroid dienone is 4. The fraction of sp³-hybridized carbons (Fsp3) is 0.810. The van der Waals surface area contributed by atoms with Crippen molar-refractivity contribution in [2.45, 2.75) is 194 Å². The van der Waals surface area contributed by atoms with Gasteiger partial charge in [0.05, 0.1) is 26.2 Å². The third-order valence-electron chi connectivity index (χ3n) is 9.32. The molecule has 0 aliphatic heterocycles. The van der Waals surface area contributed by atoms with Crippen molar-refractivity contribution in [2.75, 3.05) is 26.2 Å². The van der Waals surface area contributed by atoms with E-state index in [9.17, 15) is 0 Å². The highest BCUT2D eigenvalue weighted by Crippen LogP contribution is 2.17. The second kappa shape index (κ2) is 35.4. The Bertz CT molecular complexity index is 560. The van der Waals surface area contributed by atoms with Crippen LogP contribution in [0.1, 0.15) is 194 Å². The Hall–Kier alpha value is -1.08. The van der Waals surface area contributed by atoms with Crippen molar-refractivity contribution in [1.82, 2.24) is 0 Å². The molecule has 0 heterocycles. The highest BCUT2D eigenvalue weighted by molar-refractivity contribution is 4.82. The molecule has 0 aliphatic rings. The highest BCUT2D eigenvalue weighted by Gasteiger charge is 2.23. The first-order chi connectivity index (χ1) is 21.2. The summed E-state index contributed by atoms with van der Waals surface area (Å²) in [7, 11) is 0. The number of hydrogen-bond acceptors (Lipinski definition) is 0. The zero-order valence-electron chi connectivity index (χ0n) is 30.0. The van der Waals surface area contributed by atoms with Crippen LogP contribution in [0.2, 0.25) is 0 Å². The molecule has 0 aromatic rings. The van der Waals surface area contributed by atoms with E-state index in [-0.39, 0.29) is 0 Å². The quantitative estimate of drug-likeness (QED) is 0.0382. The van der Waals surface area contributed by atoms with Crippen LogP contribution in [0.5, 0.6) is 0 Å². The molecule has 0 amide bonds. The first-order valence-electron chi connectivity index (χ1n) is 19.6. The van der Waals surface area contributed by atoms with Crippen LogP contribution in [0, 0.1) is 0 Å². The molecule has 252 valence electrons. The summed E-state index contributed by atoms with van der Waals surface area (Å²) in [6.45, 7) is 17.6. The fourth-order valence-electron chi connectivity index (χ4n) is 6.49. The highest BCUT2D eigenvalue weighted by atomic mass is 15.3. The molecule has 0 bridgehead atoms. The van der Waals surface area contributed by atoms with Crippen molar-refractivity contribution in [3.05, 3.63) is 49.6 Å². The molecule has 1 nitrogen and oxygen atoms in total. The Balaban J connectivity index is 3.83. The van der Waals surface area contributed by atoms with Crippen molar-refractivity contribution < 1.29 is 4.48 Å². The summed E-state index contributed by atoms with van der Waals surface area (Å²) in [6, 6.07) is 0. The van der Waals surface area contributed by atoms with Crippen molar-refractivity contribution in [1.29, 1.82) is 0 Å². The Morgan fingerprint density at radius 1 is 0.349 bits per heavy atom. The summed E-state index contributed by atoms with van der Waals surface area (Å²) in [6.07, 6.45) is 52.7. The lowest BCUT2D eigenvalue weighted by molar-refractivity contribution is -0.917. The smallest absolute Gasteiger partial charge is 0.0973 e. The molecular formula is C42H80N+. The second-order valence-electron chi connectivity index (χ2n) is 13.6. The molecule has 0 rings (SSSR count). The van der Waals surface area contributed by atoms with E-state index >= 15 is 0 Å². The van der Waals surface area contributed by atoms with Crippen LogP contribution in [0.25, 0.3) is 0 Å². The molecule has 0 N–H and O–H groups in total. The van der Waals surface area contributed by atoms with E-state index in [1.165, 1.54) is 197 Å². The van der Waals surface area contributed by atoms with Gasteiger partial charge in [0.2, 0.25) is 0 Å². The minimum absolute atomic E-state index is 1.10. The van der Waals surface area contributed by atoms with E-state index in [1.54, 1.807) is 0 Å². The second-order valence-corrected chi connectivity index (χ2v) is 13.6. The standard InChI is InChI=1S/C42H80N/c1-5-9-11-13-15-17-19-21-23-25-27-29-31-33-35-37-41-43(39-7-3,40-8-4)42-38-36-34-32-30-28-26-24-22-20-18-16-14-12-10-6-2/h7-8,21-24H,3-6,9-20,25-42H2,1-2H3/q+1. The monoisotopic (exact) mass is 599 g/mol. The molecule has 0 aromatic carbocycles. The van der Waals surface area contributed by atoms with Crippen molar-refractivity contribution in [2.24, 2.45) is 0 Å². The molecule has 1 heteroatoms. The predicted molar refractivity (Wildman–Crippen MR) is 199 cm³/mol. The predicted octanol–water partition coefficient (Wildman–Crippen LogP) is 14.3. The molecule has 0 aliphatic carbocycles. The molecule has 0 atom stereocenters. The Morgan fingerprint density at radius 2 is 0.605 bits per heavy atom. The Morgan fingerprint density at radius 3 is 0.884 bits per heavy atom. The van der Waals surface area contributed by atoms with Gasteiger partial charge in [0.15, 0.2) is 0 Å². The number of hydrogen-bond donors (Lipinski definition) is 0. The van der Waals surface area contributed by atoms with Crippen molar-refractivity contribution >= 4 is 0 Å². The number of rotatable bonds is 36. The molecule has 0 radical (unpaired) electrons. The maximum Gasteiger partial charge on any atom is 0.0973 e. The molecule has 0 spiro atoms. The van der Waals surface area contributed by atoms with E-state index in [0.717, 1.165) is 13.1 Å². The van der Waals surface area contributed by atoms with Crippen LogP contribution in [0.15, 0.2) is 49.6 Å². The lowest BCUT2D eigenvalue weighted by Gasteiger charge is -2.37. The summed E-state index contributed by atoms with van der Waals surface area (Å²) in [5.74, 6) is 0. The first-order valence-corrected chi connectivity index (χ1v) is 19.6. The van der Waals surface area contributed by atoms with Gasteiger partial charge >= 0.3 is 0 Å². The Labute approximate surface area is 273 Å². The van der Waals surface area contributed by atoms with Gasteiger partial charge in [-0.1, -0.05) is 154 Å². The van der Waals surface area contributed by atoms with Gasteiger partial charge in [-0.25, -0.2) is 0 Å². The van der Waals surface area contributed by atoms with Crippen LogP contribution >= 0.6 is 0 Å². The number of unbranched alkanes of at least 4 members (excludes halogenated alkanes) is 24. The first kappa shape index (κ1) is 41.9. The third kappa shape index (κ3) is 30.7. The number of quaternary nitrogens is 1. The van der Waals surface area contributed by atoms with E-state index < -0.39 is 0 Å². The lowest BCUT2D eigenvalue weighted by atomic mass is 10.1. The molecule has 43 heavy (non-hydrogen) atoms. The Kier molecular flexibility index (Phi) is 34.5. The topological polar surface area (TPSA) is 0 Å². The summed E-state index contributed by atoms with van der Waals surface area (Å²) >= 11 is 0. The van der Waals surface area contributed by atoms with Gasteiger partial charge in [0, 0.05) is 0 Å². The van der Waals surface area contributed by atoms with Gasteiger partial charge in [-0.15, -0.1) is 0 Å². The molecule has 0 aromatic heterocycles. The zero-order chi connectivity index (χ0) is 31.4. The van der Waals surface area contributed by atoms with Crippen LogP contribution < -0.4 is 0 Å². The van der Waals surface area contributed by atoms with E-state index in [4.69, 9.17) is 0 Å². The largest absolute Gasteiger partial charge is 0.317 e.